The number of piperidine rings is 1. The van der Waals surface area contributed by atoms with Gasteiger partial charge in [-0.2, -0.15) is 0 Å². The van der Waals surface area contributed by atoms with Gasteiger partial charge in [-0.15, -0.1) is 0 Å². The van der Waals surface area contributed by atoms with E-state index in [-0.39, 0.29) is 23.5 Å². The summed E-state index contributed by atoms with van der Waals surface area (Å²) < 4.78 is 5.02. The van der Waals surface area contributed by atoms with Crippen LogP contribution >= 0.6 is 0 Å². The first-order valence-electron chi connectivity index (χ1n) is 10.7. The van der Waals surface area contributed by atoms with E-state index in [1.807, 2.05) is 0 Å². The van der Waals surface area contributed by atoms with E-state index in [4.69, 9.17) is 4.74 Å². The predicted octanol–water partition coefficient (Wildman–Crippen LogP) is 3.68. The zero-order valence-corrected chi connectivity index (χ0v) is 16.9. The molecule has 0 radical (unpaired) electrons. The standard InChI is InChI=1S/C23H30N2O3/c1-15-3-4-19(16(2)9-15)17-10-22(11-17)5-7-25(8-6-22)20(26)18-12-23(13-18)14-28-21(27)24-23/h3-4,9,17-18H,5-8,10-14H2,1-2H3,(H,24,27)/t18-,23+. The van der Waals surface area contributed by atoms with E-state index in [9.17, 15) is 9.59 Å². The number of nitrogens with one attached hydrogen (secondary N) is 1. The van der Waals surface area contributed by atoms with Crippen molar-refractivity contribution in [3.8, 4) is 0 Å². The van der Waals surface area contributed by atoms with Crippen LogP contribution in [0.25, 0.3) is 0 Å². The molecule has 1 aromatic carbocycles. The number of likely N-dealkylation sites (tertiary alicyclic amines) is 1. The van der Waals surface area contributed by atoms with Crippen molar-refractivity contribution in [1.82, 2.24) is 10.2 Å². The van der Waals surface area contributed by atoms with Crippen LogP contribution in [0.3, 0.4) is 0 Å². The van der Waals surface area contributed by atoms with Crippen LogP contribution in [0.1, 0.15) is 61.1 Å². The average Bonchev–Trinajstić information content (AvgIpc) is 3.01. The number of nitrogens with zero attached hydrogens (tertiary/aromatic N) is 1. The molecule has 4 aliphatic rings. The lowest BCUT2D eigenvalue weighted by Crippen LogP contribution is -2.59. The van der Waals surface area contributed by atoms with Crippen molar-refractivity contribution in [1.29, 1.82) is 0 Å². The smallest absolute Gasteiger partial charge is 0.407 e. The Balaban J connectivity index is 1.13. The number of carbonyl (C=O) groups excluding carboxylic acids is 2. The van der Waals surface area contributed by atoms with Crippen LogP contribution in [0, 0.1) is 25.2 Å². The summed E-state index contributed by atoms with van der Waals surface area (Å²) in [5, 5.41) is 2.88. The average molecular weight is 383 g/mol. The second kappa shape index (κ2) is 6.23. The van der Waals surface area contributed by atoms with Gasteiger partial charge in [-0.1, -0.05) is 23.8 Å². The summed E-state index contributed by atoms with van der Waals surface area (Å²) in [7, 11) is 0. The fourth-order valence-electron chi connectivity index (χ4n) is 6.13. The third kappa shape index (κ3) is 2.90. The molecule has 0 aromatic heterocycles. The Hall–Kier alpha value is -2.04. The zero-order chi connectivity index (χ0) is 19.5. The normalized spacial score (nSPS) is 27.9. The predicted molar refractivity (Wildman–Crippen MR) is 106 cm³/mol. The van der Waals surface area contributed by atoms with Gasteiger partial charge >= 0.3 is 6.09 Å². The minimum atomic E-state index is -0.339. The fraction of sp³-hybridized carbons (Fsp3) is 0.652. The lowest BCUT2D eigenvalue weighted by molar-refractivity contribution is -0.144. The minimum absolute atomic E-state index is 0.0559. The van der Waals surface area contributed by atoms with Crippen LogP contribution in [0.5, 0.6) is 0 Å². The van der Waals surface area contributed by atoms with Crippen molar-refractivity contribution in [2.24, 2.45) is 11.3 Å². The maximum atomic E-state index is 12.9. The van der Waals surface area contributed by atoms with Crippen molar-refractivity contribution in [2.75, 3.05) is 19.7 Å². The summed E-state index contributed by atoms with van der Waals surface area (Å²) in [6, 6.07) is 6.85. The second-order valence-electron chi connectivity index (χ2n) is 9.88. The van der Waals surface area contributed by atoms with Gasteiger partial charge in [0.15, 0.2) is 0 Å². The number of cyclic esters (lactones) is 1. The molecule has 5 nitrogen and oxygen atoms in total. The molecule has 150 valence electrons. The number of hydrogen-bond donors (Lipinski definition) is 1. The fourth-order valence-corrected chi connectivity index (χ4v) is 6.13. The lowest BCUT2D eigenvalue weighted by Gasteiger charge is -2.53. The van der Waals surface area contributed by atoms with Crippen molar-refractivity contribution >= 4 is 12.0 Å². The molecule has 0 unspecified atom stereocenters. The highest BCUT2D eigenvalue weighted by molar-refractivity contribution is 5.81. The van der Waals surface area contributed by atoms with E-state index in [1.54, 1.807) is 0 Å². The topological polar surface area (TPSA) is 58.6 Å². The Bertz CT molecular complexity index is 811. The van der Waals surface area contributed by atoms with Gasteiger partial charge in [0, 0.05) is 19.0 Å². The van der Waals surface area contributed by atoms with Crippen molar-refractivity contribution in [3.63, 3.8) is 0 Å². The summed E-state index contributed by atoms with van der Waals surface area (Å²) in [6.45, 7) is 6.59. The molecule has 5 heteroatoms. The lowest BCUT2D eigenvalue weighted by atomic mass is 9.55. The van der Waals surface area contributed by atoms with Gasteiger partial charge in [-0.05, 0) is 74.8 Å². The number of amides is 2. The van der Waals surface area contributed by atoms with Crippen molar-refractivity contribution < 1.29 is 14.3 Å². The summed E-state index contributed by atoms with van der Waals surface area (Å²) in [6.07, 6.45) is 5.94. The van der Waals surface area contributed by atoms with Gasteiger partial charge in [-0.25, -0.2) is 4.79 Å². The molecule has 2 saturated carbocycles. The van der Waals surface area contributed by atoms with Gasteiger partial charge in [0.2, 0.25) is 5.91 Å². The maximum Gasteiger partial charge on any atom is 0.407 e. The molecule has 2 heterocycles. The van der Waals surface area contributed by atoms with Gasteiger partial charge < -0.3 is 15.0 Å². The van der Waals surface area contributed by atoms with Gasteiger partial charge in [0.25, 0.3) is 0 Å². The third-order valence-corrected chi connectivity index (χ3v) is 7.83. The largest absolute Gasteiger partial charge is 0.447 e. The molecule has 0 bridgehead atoms. The van der Waals surface area contributed by atoms with Gasteiger partial charge in [0.1, 0.15) is 6.61 Å². The Morgan fingerprint density at radius 2 is 1.86 bits per heavy atom. The molecular weight excluding hydrogens is 352 g/mol. The maximum absolute atomic E-state index is 12.9. The summed E-state index contributed by atoms with van der Waals surface area (Å²) in [5.74, 6) is 1.03. The highest BCUT2D eigenvalue weighted by Crippen LogP contribution is 2.57. The van der Waals surface area contributed by atoms with Crippen LogP contribution < -0.4 is 5.32 Å². The molecule has 0 atom stereocenters. The first kappa shape index (κ1) is 18.0. The molecule has 5 rings (SSSR count). The molecule has 2 saturated heterocycles. The summed E-state index contributed by atoms with van der Waals surface area (Å²) in [4.78, 5) is 26.2. The van der Waals surface area contributed by atoms with Crippen LogP contribution in [-0.2, 0) is 9.53 Å². The molecule has 28 heavy (non-hydrogen) atoms. The molecule has 4 fully saturated rings. The number of alkyl carbamates (subject to hydrolysis) is 1. The van der Waals surface area contributed by atoms with Gasteiger partial charge in [0.05, 0.1) is 5.54 Å². The quantitative estimate of drug-likeness (QED) is 0.849. The Labute approximate surface area is 166 Å². The molecule has 2 aliphatic heterocycles. The highest BCUT2D eigenvalue weighted by Gasteiger charge is 2.54. The monoisotopic (exact) mass is 382 g/mol. The minimum Gasteiger partial charge on any atom is -0.447 e. The summed E-state index contributed by atoms with van der Waals surface area (Å²) >= 11 is 0. The second-order valence-corrected chi connectivity index (χ2v) is 9.88. The number of hydrogen-bond acceptors (Lipinski definition) is 3. The van der Waals surface area contributed by atoms with Crippen LogP contribution in [0.15, 0.2) is 18.2 Å². The Morgan fingerprint density at radius 1 is 1.14 bits per heavy atom. The molecule has 2 amide bonds. The molecular formula is C23H30N2O3. The van der Waals surface area contributed by atoms with E-state index in [1.165, 1.54) is 29.5 Å². The number of rotatable bonds is 2. The molecule has 2 spiro atoms. The number of aryl methyl sites for hydroxylation is 2. The molecule has 1 aromatic rings. The first-order chi connectivity index (χ1) is 13.4. The Morgan fingerprint density at radius 3 is 2.46 bits per heavy atom. The number of carbonyl (C=O) groups is 2. The van der Waals surface area contributed by atoms with E-state index < -0.39 is 0 Å². The summed E-state index contributed by atoms with van der Waals surface area (Å²) in [5.41, 5.74) is 4.47. The Kier molecular flexibility index (Phi) is 4.01. The van der Waals surface area contributed by atoms with Crippen molar-refractivity contribution in [3.05, 3.63) is 34.9 Å². The van der Waals surface area contributed by atoms with Crippen LogP contribution in [-0.4, -0.2) is 42.1 Å². The van der Waals surface area contributed by atoms with Crippen molar-refractivity contribution in [2.45, 2.75) is 63.8 Å². The zero-order valence-electron chi connectivity index (χ0n) is 16.9. The first-order valence-corrected chi connectivity index (χ1v) is 10.7. The highest BCUT2D eigenvalue weighted by atomic mass is 16.6. The van der Waals surface area contributed by atoms with Crippen LogP contribution in [0.2, 0.25) is 0 Å². The SMILES string of the molecule is Cc1ccc(C2CC3(CCN(C(=O)[C@H]4C[C@]5(COC(=O)N5)C4)CC3)C2)c(C)c1. The van der Waals surface area contributed by atoms with Crippen LogP contribution in [0.4, 0.5) is 4.79 Å². The molecule has 2 aliphatic carbocycles. The molecule has 1 N–H and O–H groups in total. The van der Waals surface area contributed by atoms with E-state index in [0.29, 0.717) is 17.9 Å². The number of benzene rings is 1. The van der Waals surface area contributed by atoms with E-state index in [0.717, 1.165) is 38.8 Å². The number of ether oxygens (including phenoxy) is 1. The van der Waals surface area contributed by atoms with Gasteiger partial charge in [-0.3, -0.25) is 4.79 Å². The van der Waals surface area contributed by atoms with E-state index >= 15 is 0 Å². The van der Waals surface area contributed by atoms with E-state index in [2.05, 4.69) is 42.3 Å². The third-order valence-electron chi connectivity index (χ3n) is 7.83.